The lowest BCUT2D eigenvalue weighted by Crippen LogP contribution is -2.49. The molecule has 2 amide bonds. The van der Waals surface area contributed by atoms with Gasteiger partial charge in [0.15, 0.2) is 0 Å². The average molecular weight is 285 g/mol. The van der Waals surface area contributed by atoms with Crippen molar-refractivity contribution in [2.24, 2.45) is 5.41 Å². The molecule has 0 aromatic rings. The molecule has 0 aromatic heterocycles. The van der Waals surface area contributed by atoms with Gasteiger partial charge in [0.1, 0.15) is 6.54 Å². The molecule has 0 atom stereocenters. The molecule has 1 aliphatic heterocycles. The van der Waals surface area contributed by atoms with E-state index in [1.165, 1.54) is 0 Å². The molecule has 1 saturated heterocycles. The zero-order valence-electron chi connectivity index (χ0n) is 11.8. The molecule has 0 radical (unpaired) electrons. The number of nitrogens with one attached hydrogen (secondary N) is 3. The van der Waals surface area contributed by atoms with Gasteiger partial charge in [-0.2, -0.15) is 0 Å². The summed E-state index contributed by atoms with van der Waals surface area (Å²) in [6.07, 6.45) is 3.25. The predicted octanol–water partition coefficient (Wildman–Crippen LogP) is -0.527. The van der Waals surface area contributed by atoms with Crippen molar-refractivity contribution in [3.05, 3.63) is 0 Å². The molecule has 1 aliphatic rings. The maximum absolute atomic E-state index is 12.3. The average Bonchev–Trinajstić information content (AvgIpc) is 2.43. The second kappa shape index (κ2) is 7.84. The highest BCUT2D eigenvalue weighted by molar-refractivity contribution is 5.89. The lowest BCUT2D eigenvalue weighted by Gasteiger charge is -2.36. The molecule has 4 N–H and O–H groups in total. The van der Waals surface area contributed by atoms with E-state index in [9.17, 15) is 14.4 Å². The molecule has 0 saturated carbocycles. The van der Waals surface area contributed by atoms with Crippen molar-refractivity contribution in [3.8, 4) is 0 Å². The van der Waals surface area contributed by atoms with Crippen LogP contribution in [0.25, 0.3) is 0 Å². The highest BCUT2D eigenvalue weighted by Gasteiger charge is 2.38. The summed E-state index contributed by atoms with van der Waals surface area (Å²) < 4.78 is 0. The molecule has 1 fully saturated rings. The number of piperidine rings is 1. The Kier molecular flexibility index (Phi) is 6.44. The number of carbonyl (C=O) groups is 3. The highest BCUT2D eigenvalue weighted by atomic mass is 16.4. The second-order valence-corrected chi connectivity index (χ2v) is 5.13. The van der Waals surface area contributed by atoms with E-state index in [2.05, 4.69) is 16.0 Å². The van der Waals surface area contributed by atoms with E-state index in [1.807, 2.05) is 6.92 Å². The number of carboxylic acid groups (broad SMARTS) is 1. The third kappa shape index (κ3) is 4.80. The normalized spacial score (nSPS) is 17.2. The lowest BCUT2D eigenvalue weighted by molar-refractivity contribution is -0.138. The summed E-state index contributed by atoms with van der Waals surface area (Å²) in [7, 11) is 0. The molecule has 7 nitrogen and oxygen atoms in total. The van der Waals surface area contributed by atoms with E-state index >= 15 is 0 Å². The first-order valence-electron chi connectivity index (χ1n) is 6.98. The van der Waals surface area contributed by atoms with Crippen LogP contribution < -0.4 is 16.0 Å². The molecule has 0 aliphatic carbocycles. The summed E-state index contributed by atoms with van der Waals surface area (Å²) >= 11 is 0. The van der Waals surface area contributed by atoms with Gasteiger partial charge in [-0.25, -0.2) is 0 Å². The Morgan fingerprint density at radius 1 is 1.15 bits per heavy atom. The molecule has 0 aromatic carbocycles. The van der Waals surface area contributed by atoms with Gasteiger partial charge >= 0.3 is 5.97 Å². The predicted molar refractivity (Wildman–Crippen MR) is 73.1 cm³/mol. The van der Waals surface area contributed by atoms with Crippen LogP contribution in [0, 0.1) is 5.41 Å². The molecule has 7 heteroatoms. The van der Waals surface area contributed by atoms with Crippen LogP contribution in [0.5, 0.6) is 0 Å². The first-order valence-corrected chi connectivity index (χ1v) is 6.98. The van der Waals surface area contributed by atoms with Crippen molar-refractivity contribution in [3.63, 3.8) is 0 Å². The van der Waals surface area contributed by atoms with Crippen LogP contribution in [-0.4, -0.2) is 49.1 Å². The van der Waals surface area contributed by atoms with E-state index in [-0.39, 0.29) is 12.5 Å². The summed E-state index contributed by atoms with van der Waals surface area (Å²) in [6, 6.07) is 0. The molecular weight excluding hydrogens is 262 g/mol. The zero-order valence-corrected chi connectivity index (χ0v) is 11.8. The fourth-order valence-electron chi connectivity index (χ4n) is 2.56. The van der Waals surface area contributed by atoms with Crippen LogP contribution in [0.15, 0.2) is 0 Å². The fraction of sp³-hybridized carbons (Fsp3) is 0.769. The quantitative estimate of drug-likeness (QED) is 0.503. The van der Waals surface area contributed by atoms with Crippen molar-refractivity contribution in [1.29, 1.82) is 0 Å². The standard InChI is InChI=1S/C13H23N3O4/c1-2-3-13(4-6-14-7-5-13)12(20)16-8-10(17)15-9-11(18)19/h14H,2-9H2,1H3,(H,15,17)(H,16,20)(H,18,19). The van der Waals surface area contributed by atoms with Crippen molar-refractivity contribution in [1.82, 2.24) is 16.0 Å². The summed E-state index contributed by atoms with van der Waals surface area (Å²) in [5.41, 5.74) is -0.396. The summed E-state index contributed by atoms with van der Waals surface area (Å²) in [5.74, 6) is -1.70. The van der Waals surface area contributed by atoms with Gasteiger partial charge in [-0.15, -0.1) is 0 Å². The van der Waals surface area contributed by atoms with E-state index in [4.69, 9.17) is 5.11 Å². The Balaban J connectivity index is 2.46. The van der Waals surface area contributed by atoms with E-state index in [0.717, 1.165) is 38.8 Å². The number of hydrogen-bond donors (Lipinski definition) is 4. The monoisotopic (exact) mass is 285 g/mol. The number of hydrogen-bond acceptors (Lipinski definition) is 4. The Hall–Kier alpha value is -1.63. The van der Waals surface area contributed by atoms with Crippen LogP contribution in [0.4, 0.5) is 0 Å². The van der Waals surface area contributed by atoms with E-state index in [1.54, 1.807) is 0 Å². The van der Waals surface area contributed by atoms with Crippen LogP contribution in [0.3, 0.4) is 0 Å². The van der Waals surface area contributed by atoms with Crippen molar-refractivity contribution < 1.29 is 19.5 Å². The Bertz CT molecular complexity index is 359. The van der Waals surface area contributed by atoms with Crippen molar-refractivity contribution in [2.75, 3.05) is 26.2 Å². The fourth-order valence-corrected chi connectivity index (χ4v) is 2.56. The zero-order chi connectivity index (χ0) is 15.0. The van der Waals surface area contributed by atoms with E-state index < -0.39 is 23.8 Å². The van der Waals surface area contributed by atoms with Gasteiger partial charge < -0.3 is 21.1 Å². The number of carboxylic acids is 1. The van der Waals surface area contributed by atoms with Gasteiger partial charge in [0.2, 0.25) is 11.8 Å². The van der Waals surface area contributed by atoms with Crippen LogP contribution in [0.2, 0.25) is 0 Å². The Morgan fingerprint density at radius 2 is 1.80 bits per heavy atom. The summed E-state index contributed by atoms with van der Waals surface area (Å²) in [5, 5.41) is 16.5. The third-order valence-corrected chi connectivity index (χ3v) is 3.62. The Labute approximate surface area is 118 Å². The number of carbonyl (C=O) groups excluding carboxylic acids is 2. The molecular formula is C13H23N3O4. The largest absolute Gasteiger partial charge is 0.480 e. The third-order valence-electron chi connectivity index (χ3n) is 3.62. The first-order chi connectivity index (χ1) is 9.50. The second-order valence-electron chi connectivity index (χ2n) is 5.13. The minimum Gasteiger partial charge on any atom is -0.480 e. The van der Waals surface area contributed by atoms with Crippen LogP contribution in [-0.2, 0) is 14.4 Å². The van der Waals surface area contributed by atoms with Gasteiger partial charge in [-0.3, -0.25) is 14.4 Å². The number of aliphatic carboxylic acids is 1. The topological polar surface area (TPSA) is 108 Å². The van der Waals surface area contributed by atoms with Crippen molar-refractivity contribution in [2.45, 2.75) is 32.6 Å². The lowest BCUT2D eigenvalue weighted by atomic mass is 9.74. The molecule has 1 rings (SSSR count). The van der Waals surface area contributed by atoms with Crippen LogP contribution in [0.1, 0.15) is 32.6 Å². The number of rotatable bonds is 7. The minimum absolute atomic E-state index is 0.105. The van der Waals surface area contributed by atoms with Crippen LogP contribution >= 0.6 is 0 Å². The minimum atomic E-state index is -1.11. The SMILES string of the molecule is CCCC1(C(=O)NCC(=O)NCC(=O)O)CCNCC1. The summed E-state index contributed by atoms with van der Waals surface area (Å²) in [4.78, 5) is 34.0. The molecule has 0 unspecified atom stereocenters. The first kappa shape index (κ1) is 16.4. The van der Waals surface area contributed by atoms with Gasteiger partial charge in [0, 0.05) is 0 Å². The Morgan fingerprint density at radius 3 is 2.35 bits per heavy atom. The smallest absolute Gasteiger partial charge is 0.322 e. The molecule has 0 spiro atoms. The summed E-state index contributed by atoms with van der Waals surface area (Å²) in [6.45, 7) is 3.04. The molecule has 1 heterocycles. The van der Waals surface area contributed by atoms with Gasteiger partial charge in [-0.05, 0) is 32.4 Å². The molecule has 0 bridgehead atoms. The molecule has 20 heavy (non-hydrogen) atoms. The number of amides is 2. The molecule has 114 valence electrons. The van der Waals surface area contributed by atoms with Crippen molar-refractivity contribution >= 4 is 17.8 Å². The van der Waals surface area contributed by atoms with Gasteiger partial charge in [-0.1, -0.05) is 13.3 Å². The van der Waals surface area contributed by atoms with E-state index in [0.29, 0.717) is 0 Å². The van der Waals surface area contributed by atoms with Gasteiger partial charge in [0.05, 0.1) is 12.0 Å². The maximum Gasteiger partial charge on any atom is 0.322 e. The van der Waals surface area contributed by atoms with Gasteiger partial charge in [0.25, 0.3) is 0 Å². The maximum atomic E-state index is 12.3. The highest BCUT2D eigenvalue weighted by Crippen LogP contribution is 2.34.